The smallest absolute Gasteiger partial charge is 0.198 e. The number of thiophene rings is 2. The fourth-order valence-corrected chi connectivity index (χ4v) is 10.8. The number of ketones is 2. The number of allylic oxidation sites excluding steroid dienone is 3. The van der Waals surface area contributed by atoms with Crippen LogP contribution in [-0.4, -0.2) is 22.6 Å². The largest absolute Gasteiger partial charge is 0.334 e. The molecule has 0 N–H and O–H groups in total. The zero-order valence-corrected chi connectivity index (χ0v) is 29.1. The number of anilines is 2. The molecule has 3 aromatic heterocycles. The van der Waals surface area contributed by atoms with Crippen LogP contribution in [-0.2, 0) is 5.41 Å². The Morgan fingerprint density at radius 3 is 2.02 bits per heavy atom. The van der Waals surface area contributed by atoms with E-state index < -0.39 is 5.41 Å². The number of rotatable bonds is 4. The Labute approximate surface area is 298 Å². The molecule has 3 heterocycles. The summed E-state index contributed by atoms with van der Waals surface area (Å²) in [6.07, 6.45) is 7.58. The Hall–Kier alpha value is -5.43. The summed E-state index contributed by atoms with van der Waals surface area (Å²) in [6.45, 7) is 4.12. The molecule has 0 amide bonds. The molecule has 10 rings (SSSR count). The molecule has 0 aliphatic heterocycles. The second-order valence-electron chi connectivity index (χ2n) is 13.5. The van der Waals surface area contributed by atoms with Crippen molar-refractivity contribution in [1.29, 1.82) is 0 Å². The van der Waals surface area contributed by atoms with E-state index in [1.807, 2.05) is 6.08 Å². The van der Waals surface area contributed by atoms with Crippen LogP contribution in [0, 0.1) is 13.8 Å². The summed E-state index contributed by atoms with van der Waals surface area (Å²) in [5, 5.41) is 3.58. The van der Waals surface area contributed by atoms with Crippen molar-refractivity contribution in [3.63, 3.8) is 0 Å². The highest BCUT2D eigenvalue weighted by atomic mass is 32.1. The van der Waals surface area contributed by atoms with E-state index in [2.05, 4.69) is 128 Å². The van der Waals surface area contributed by atoms with Crippen LogP contribution in [0.5, 0.6) is 0 Å². The van der Waals surface area contributed by atoms with Crippen molar-refractivity contribution >= 4 is 57.3 Å². The normalized spacial score (nSPS) is 17.6. The average Bonchev–Trinajstić information content (AvgIpc) is 3.93. The van der Waals surface area contributed by atoms with Gasteiger partial charge in [0.1, 0.15) is 0 Å². The fraction of sp³-hybridized carbons (Fsp3) is 0.114. The maximum absolute atomic E-state index is 13.3. The number of carbonyl (C=O) groups excluding carboxylic acids is 2. The van der Waals surface area contributed by atoms with Crippen LogP contribution in [0.2, 0.25) is 0 Å². The molecule has 1 spiro atoms. The number of nitrogens with zero attached hydrogens (tertiary/aromatic N) is 2. The van der Waals surface area contributed by atoms with Gasteiger partial charge in [0.15, 0.2) is 11.6 Å². The van der Waals surface area contributed by atoms with E-state index in [9.17, 15) is 9.59 Å². The molecule has 0 saturated heterocycles. The highest BCUT2D eigenvalue weighted by molar-refractivity contribution is 7.14. The third-order valence-electron chi connectivity index (χ3n) is 10.6. The molecule has 4 aliphatic carbocycles. The molecule has 50 heavy (non-hydrogen) atoms. The number of pyridine rings is 1. The van der Waals surface area contributed by atoms with E-state index in [-0.39, 0.29) is 23.2 Å². The zero-order valence-electron chi connectivity index (χ0n) is 27.4. The van der Waals surface area contributed by atoms with Gasteiger partial charge in [-0.05, 0) is 95.6 Å². The van der Waals surface area contributed by atoms with Crippen molar-refractivity contribution in [3.05, 3.63) is 180 Å². The Morgan fingerprint density at radius 1 is 0.740 bits per heavy atom. The molecule has 1 atom stereocenters. The van der Waals surface area contributed by atoms with Gasteiger partial charge in [0.25, 0.3) is 0 Å². The monoisotopic (exact) mass is 682 g/mol. The number of aryl methyl sites for hydroxylation is 2. The summed E-state index contributed by atoms with van der Waals surface area (Å²) in [6, 6.07) is 34.9. The molecule has 4 nitrogen and oxygen atoms in total. The number of benzene rings is 3. The van der Waals surface area contributed by atoms with E-state index in [0.717, 1.165) is 34.1 Å². The van der Waals surface area contributed by atoms with Gasteiger partial charge in [-0.25, -0.2) is 0 Å². The number of hydrogen-bond acceptors (Lipinski definition) is 6. The van der Waals surface area contributed by atoms with E-state index in [1.54, 1.807) is 22.1 Å². The number of hydrogen-bond donors (Lipinski definition) is 0. The van der Waals surface area contributed by atoms with Gasteiger partial charge in [0.05, 0.1) is 17.0 Å². The standard InChI is InChI=1S/C44H30N2O2S2/c1-25-18-29(19-26(2)45-25)46(27-10-4-3-5-11-27)28-16-17-33-39(20-28)44(37-14-8-6-12-31(37)32-13-7-9-15-38(32)44)40-22-30(50-43(33)40)21-34-41(47)35-23-49-24-36(35)42(34)48/h3-15,17-24,28H,16H2,1-2H3. The van der Waals surface area contributed by atoms with Crippen LogP contribution in [0.3, 0.4) is 0 Å². The van der Waals surface area contributed by atoms with Gasteiger partial charge in [-0.2, -0.15) is 11.3 Å². The minimum absolute atomic E-state index is 0.0531. The van der Waals surface area contributed by atoms with Gasteiger partial charge in [-0.15, -0.1) is 11.3 Å². The molecule has 0 radical (unpaired) electrons. The molecule has 6 heteroatoms. The van der Waals surface area contributed by atoms with Gasteiger partial charge in [-0.1, -0.05) is 78.9 Å². The van der Waals surface area contributed by atoms with Crippen molar-refractivity contribution in [2.75, 3.05) is 4.90 Å². The number of fused-ring (bicyclic) bond motifs is 11. The molecule has 1 unspecified atom stereocenters. The van der Waals surface area contributed by atoms with E-state index >= 15 is 0 Å². The second kappa shape index (κ2) is 10.8. The molecule has 3 aromatic carbocycles. The highest BCUT2D eigenvalue weighted by Gasteiger charge is 2.55. The first-order valence-electron chi connectivity index (χ1n) is 16.9. The summed E-state index contributed by atoms with van der Waals surface area (Å²) in [7, 11) is 0. The van der Waals surface area contributed by atoms with Gasteiger partial charge in [0, 0.05) is 54.4 Å². The lowest BCUT2D eigenvalue weighted by Gasteiger charge is -2.37. The molecule has 0 saturated carbocycles. The molecular formula is C44H30N2O2S2. The number of para-hydroxylation sites is 1. The number of aromatic nitrogens is 1. The quantitative estimate of drug-likeness (QED) is 0.137. The summed E-state index contributed by atoms with van der Waals surface area (Å²) in [5.41, 5.74) is 13.8. The highest BCUT2D eigenvalue weighted by Crippen LogP contribution is 2.66. The lowest BCUT2D eigenvalue weighted by Crippen LogP contribution is -2.34. The van der Waals surface area contributed by atoms with Crippen LogP contribution in [0.1, 0.15) is 65.0 Å². The second-order valence-corrected chi connectivity index (χ2v) is 15.3. The molecule has 240 valence electrons. The lowest BCUT2D eigenvalue weighted by molar-refractivity contribution is 0.0990. The van der Waals surface area contributed by atoms with E-state index in [4.69, 9.17) is 4.98 Å². The summed E-state index contributed by atoms with van der Waals surface area (Å²) < 4.78 is 0. The predicted molar refractivity (Wildman–Crippen MR) is 204 cm³/mol. The molecule has 4 aliphatic rings. The van der Waals surface area contributed by atoms with Crippen molar-refractivity contribution in [2.45, 2.75) is 31.7 Å². The predicted octanol–water partition coefficient (Wildman–Crippen LogP) is 10.5. The van der Waals surface area contributed by atoms with Gasteiger partial charge in [-0.3, -0.25) is 14.6 Å². The third-order valence-corrected chi connectivity index (χ3v) is 12.5. The number of carbonyl (C=O) groups is 2. The zero-order chi connectivity index (χ0) is 33.7. The first-order chi connectivity index (χ1) is 24.4. The first-order valence-corrected chi connectivity index (χ1v) is 18.6. The van der Waals surface area contributed by atoms with Gasteiger partial charge >= 0.3 is 0 Å². The lowest BCUT2D eigenvalue weighted by atomic mass is 9.69. The molecular weight excluding hydrogens is 653 g/mol. The minimum atomic E-state index is -0.533. The minimum Gasteiger partial charge on any atom is -0.334 e. The fourth-order valence-electron chi connectivity index (χ4n) is 8.73. The van der Waals surface area contributed by atoms with E-state index in [0.29, 0.717) is 11.1 Å². The Morgan fingerprint density at radius 2 is 1.36 bits per heavy atom. The topological polar surface area (TPSA) is 50.3 Å². The molecule has 6 aromatic rings. The summed E-state index contributed by atoms with van der Waals surface area (Å²) >= 11 is 3.09. The van der Waals surface area contributed by atoms with Crippen molar-refractivity contribution in [3.8, 4) is 11.1 Å². The number of Topliss-reactive ketones (excluding diaryl/α,β-unsaturated/α-hetero) is 2. The Bertz CT molecular complexity index is 2450. The molecule has 0 bridgehead atoms. The van der Waals surface area contributed by atoms with Crippen molar-refractivity contribution < 1.29 is 9.59 Å². The van der Waals surface area contributed by atoms with E-state index in [1.165, 1.54) is 55.2 Å². The van der Waals surface area contributed by atoms with Crippen molar-refractivity contribution in [2.24, 2.45) is 0 Å². The Balaban J connectivity index is 1.20. The Kier molecular flexibility index (Phi) is 6.36. The first kappa shape index (κ1) is 29.5. The average molecular weight is 683 g/mol. The van der Waals surface area contributed by atoms with Crippen LogP contribution in [0.25, 0.3) is 22.8 Å². The van der Waals surface area contributed by atoms with Crippen LogP contribution < -0.4 is 4.90 Å². The summed E-state index contributed by atoms with van der Waals surface area (Å²) in [4.78, 5) is 35.9. The van der Waals surface area contributed by atoms with Crippen molar-refractivity contribution in [1.82, 2.24) is 4.98 Å². The summed E-state index contributed by atoms with van der Waals surface area (Å²) in [5.74, 6) is -0.344. The van der Waals surface area contributed by atoms with Crippen LogP contribution >= 0.6 is 22.7 Å². The van der Waals surface area contributed by atoms with Crippen LogP contribution in [0.4, 0.5) is 11.4 Å². The maximum atomic E-state index is 13.3. The van der Waals surface area contributed by atoms with Gasteiger partial charge < -0.3 is 4.90 Å². The SMILES string of the molecule is Cc1cc(N(c2ccccc2)C2C=C3C(=CC2)c2sc(C=C4C(=O)c5cscc5C4=O)cc2C32c3ccccc3-c3ccccc32)cc(C)n1. The third kappa shape index (κ3) is 4.00. The van der Waals surface area contributed by atoms with Crippen LogP contribution in [0.15, 0.2) is 131 Å². The molecule has 0 fully saturated rings. The maximum Gasteiger partial charge on any atom is 0.198 e. The van der Waals surface area contributed by atoms with Gasteiger partial charge in [0.2, 0.25) is 0 Å².